The van der Waals surface area contributed by atoms with E-state index in [0.29, 0.717) is 12.5 Å². The largest absolute Gasteiger partial charge is 0.394 e. The summed E-state index contributed by atoms with van der Waals surface area (Å²) >= 11 is 1.77. The predicted octanol–water partition coefficient (Wildman–Crippen LogP) is 6.74. The molecule has 2 aromatic carbocycles. The molecule has 0 spiro atoms. The SMILES string of the molecule is CC(=O)C=NOCC1(c2ccc(Sc3ccccc3)cc2)C=CC=C(C2CCCC2)C1. The molecule has 3 nitrogen and oxygen atoms in total. The third-order valence-electron chi connectivity index (χ3n) is 6.16. The van der Waals surface area contributed by atoms with Gasteiger partial charge in [-0.2, -0.15) is 0 Å². The second-order valence-electron chi connectivity index (χ2n) is 8.47. The highest BCUT2D eigenvalue weighted by Crippen LogP contribution is 2.43. The maximum Gasteiger partial charge on any atom is 0.174 e. The molecule has 2 aliphatic carbocycles. The van der Waals surface area contributed by atoms with Crippen LogP contribution in [0.4, 0.5) is 0 Å². The van der Waals surface area contributed by atoms with Crippen LogP contribution in [0.15, 0.2) is 93.3 Å². The van der Waals surface area contributed by atoms with Crippen molar-refractivity contribution >= 4 is 23.8 Å². The van der Waals surface area contributed by atoms with Crippen LogP contribution in [0.3, 0.4) is 0 Å². The molecule has 4 rings (SSSR count). The Kier molecular flexibility index (Phi) is 7.08. The van der Waals surface area contributed by atoms with Gasteiger partial charge in [0, 0.05) is 16.7 Å². The molecule has 0 bridgehead atoms. The Labute approximate surface area is 189 Å². The van der Waals surface area contributed by atoms with Gasteiger partial charge in [-0.3, -0.25) is 4.79 Å². The fraction of sp³-hybridized carbons (Fsp3) is 0.333. The number of ketones is 1. The number of hydrogen-bond donors (Lipinski definition) is 0. The van der Waals surface area contributed by atoms with Crippen molar-refractivity contribution in [3.8, 4) is 0 Å². The summed E-state index contributed by atoms with van der Waals surface area (Å²) < 4.78 is 0. The van der Waals surface area contributed by atoms with Crippen molar-refractivity contribution in [1.82, 2.24) is 0 Å². The van der Waals surface area contributed by atoms with Gasteiger partial charge in [0.25, 0.3) is 0 Å². The van der Waals surface area contributed by atoms with Crippen molar-refractivity contribution in [1.29, 1.82) is 0 Å². The molecular formula is C27H29NO2S. The molecule has 2 aromatic rings. The Morgan fingerprint density at radius 2 is 1.81 bits per heavy atom. The average Bonchev–Trinajstić information content (AvgIpc) is 3.33. The van der Waals surface area contributed by atoms with Crippen molar-refractivity contribution in [3.05, 3.63) is 84.0 Å². The van der Waals surface area contributed by atoms with E-state index in [1.165, 1.54) is 59.7 Å². The lowest BCUT2D eigenvalue weighted by Crippen LogP contribution is -2.32. The van der Waals surface area contributed by atoms with Gasteiger partial charge in [-0.05, 0) is 55.0 Å². The molecule has 1 saturated carbocycles. The van der Waals surface area contributed by atoms with E-state index in [1.807, 2.05) is 6.07 Å². The quantitative estimate of drug-likeness (QED) is 0.343. The smallest absolute Gasteiger partial charge is 0.174 e. The number of rotatable bonds is 8. The van der Waals surface area contributed by atoms with Gasteiger partial charge < -0.3 is 4.84 Å². The van der Waals surface area contributed by atoms with Gasteiger partial charge in [-0.25, -0.2) is 0 Å². The summed E-state index contributed by atoms with van der Waals surface area (Å²) in [6.45, 7) is 1.90. The first kappa shape index (κ1) is 21.6. The molecule has 0 N–H and O–H groups in total. The maximum absolute atomic E-state index is 11.2. The van der Waals surface area contributed by atoms with Crippen molar-refractivity contribution in [2.24, 2.45) is 11.1 Å². The lowest BCUT2D eigenvalue weighted by molar-refractivity contribution is -0.110. The van der Waals surface area contributed by atoms with E-state index in [0.717, 1.165) is 6.42 Å². The minimum atomic E-state index is -0.267. The van der Waals surface area contributed by atoms with E-state index in [9.17, 15) is 4.79 Å². The van der Waals surface area contributed by atoms with E-state index in [1.54, 1.807) is 11.8 Å². The lowest BCUT2D eigenvalue weighted by Gasteiger charge is -2.35. The molecule has 1 unspecified atom stereocenters. The molecule has 1 fully saturated rings. The highest BCUT2D eigenvalue weighted by molar-refractivity contribution is 7.99. The third-order valence-corrected chi connectivity index (χ3v) is 7.18. The normalized spacial score (nSPS) is 21.4. The highest BCUT2D eigenvalue weighted by Gasteiger charge is 2.36. The second kappa shape index (κ2) is 10.1. The summed E-state index contributed by atoms with van der Waals surface area (Å²) in [5.74, 6) is 0.569. The number of carbonyl (C=O) groups excluding carboxylic acids is 1. The predicted molar refractivity (Wildman–Crippen MR) is 128 cm³/mol. The molecule has 0 saturated heterocycles. The number of allylic oxidation sites excluding steroid dienone is 3. The summed E-state index contributed by atoms with van der Waals surface area (Å²) in [4.78, 5) is 19.3. The van der Waals surface area contributed by atoms with Crippen LogP contribution in [0.1, 0.15) is 44.6 Å². The van der Waals surface area contributed by atoms with Gasteiger partial charge in [0.1, 0.15) is 12.8 Å². The summed E-state index contributed by atoms with van der Waals surface area (Å²) in [7, 11) is 0. The Morgan fingerprint density at radius 3 is 2.52 bits per heavy atom. The number of Topliss-reactive ketones (excluding diaryl/α,β-unsaturated/α-hetero) is 1. The number of carbonyl (C=O) groups is 1. The third kappa shape index (κ3) is 5.56. The van der Waals surface area contributed by atoms with Crippen LogP contribution in [-0.4, -0.2) is 18.6 Å². The van der Waals surface area contributed by atoms with Crippen molar-refractivity contribution in [3.63, 3.8) is 0 Å². The van der Waals surface area contributed by atoms with E-state index in [2.05, 4.69) is 71.9 Å². The first-order valence-electron chi connectivity index (χ1n) is 11.0. The summed E-state index contributed by atoms with van der Waals surface area (Å²) in [6, 6.07) is 19.2. The van der Waals surface area contributed by atoms with Crippen molar-refractivity contribution < 1.29 is 9.63 Å². The molecule has 160 valence electrons. The van der Waals surface area contributed by atoms with Gasteiger partial charge in [0.2, 0.25) is 0 Å². The molecule has 1 atom stereocenters. The zero-order chi connectivity index (χ0) is 21.5. The number of benzene rings is 2. The first-order valence-corrected chi connectivity index (χ1v) is 11.8. The fourth-order valence-electron chi connectivity index (χ4n) is 4.54. The highest BCUT2D eigenvalue weighted by atomic mass is 32.2. The monoisotopic (exact) mass is 431 g/mol. The van der Waals surface area contributed by atoms with Crippen molar-refractivity contribution in [2.75, 3.05) is 6.61 Å². The number of nitrogens with zero attached hydrogens (tertiary/aromatic N) is 1. The molecule has 0 aromatic heterocycles. The molecule has 0 aliphatic heterocycles. The Bertz CT molecular complexity index is 972. The zero-order valence-electron chi connectivity index (χ0n) is 18.0. The molecular weight excluding hydrogens is 402 g/mol. The summed E-state index contributed by atoms with van der Waals surface area (Å²) in [6.07, 6.45) is 14.1. The molecule has 0 heterocycles. The number of hydrogen-bond acceptors (Lipinski definition) is 4. The molecule has 2 aliphatic rings. The molecule has 0 amide bonds. The van der Waals surface area contributed by atoms with E-state index < -0.39 is 0 Å². The Morgan fingerprint density at radius 1 is 1.10 bits per heavy atom. The van der Waals surface area contributed by atoms with Gasteiger partial charge >= 0.3 is 0 Å². The Hall–Kier alpha value is -2.59. The molecule has 0 radical (unpaired) electrons. The van der Waals surface area contributed by atoms with Crippen LogP contribution in [0.5, 0.6) is 0 Å². The Balaban J connectivity index is 1.56. The summed E-state index contributed by atoms with van der Waals surface area (Å²) in [5.41, 5.74) is 2.47. The van der Waals surface area contributed by atoms with Crippen LogP contribution in [0, 0.1) is 5.92 Å². The standard InChI is InChI=1S/C27H29NO2S/c1-21(29)19-28-30-20-27(17-7-10-23(18-27)22-8-5-6-9-22)24-13-15-26(16-14-24)31-25-11-3-2-4-12-25/h2-4,7,10-17,19,22H,5-6,8-9,18,20H2,1H3. The van der Waals surface area contributed by atoms with Crippen LogP contribution < -0.4 is 0 Å². The van der Waals surface area contributed by atoms with Crippen molar-refractivity contribution in [2.45, 2.75) is 54.2 Å². The van der Waals surface area contributed by atoms with Crippen LogP contribution in [-0.2, 0) is 15.0 Å². The maximum atomic E-state index is 11.2. The molecule has 31 heavy (non-hydrogen) atoms. The van der Waals surface area contributed by atoms with Crippen LogP contribution in [0.2, 0.25) is 0 Å². The molecule has 4 heteroatoms. The van der Waals surface area contributed by atoms with E-state index in [-0.39, 0.29) is 11.2 Å². The van der Waals surface area contributed by atoms with Gasteiger partial charge in [-0.15, -0.1) is 0 Å². The zero-order valence-corrected chi connectivity index (χ0v) is 18.8. The first-order chi connectivity index (χ1) is 15.1. The van der Waals surface area contributed by atoms with Crippen LogP contribution >= 0.6 is 11.8 Å². The number of oxime groups is 1. The van der Waals surface area contributed by atoms with Gasteiger partial charge in [-0.1, -0.05) is 83.9 Å². The van der Waals surface area contributed by atoms with E-state index >= 15 is 0 Å². The van der Waals surface area contributed by atoms with Crippen LogP contribution in [0.25, 0.3) is 0 Å². The minimum absolute atomic E-state index is 0.109. The van der Waals surface area contributed by atoms with Gasteiger partial charge in [0.05, 0.1) is 5.41 Å². The lowest BCUT2D eigenvalue weighted by atomic mass is 9.71. The van der Waals surface area contributed by atoms with Gasteiger partial charge in [0.15, 0.2) is 5.78 Å². The second-order valence-corrected chi connectivity index (χ2v) is 9.62. The average molecular weight is 432 g/mol. The minimum Gasteiger partial charge on any atom is -0.394 e. The topological polar surface area (TPSA) is 38.7 Å². The summed E-state index contributed by atoms with van der Waals surface area (Å²) in [5, 5.41) is 3.90. The fourth-order valence-corrected chi connectivity index (χ4v) is 5.38. The van der Waals surface area contributed by atoms with E-state index in [4.69, 9.17) is 4.84 Å².